The van der Waals surface area contributed by atoms with Crippen LogP contribution in [0.25, 0.3) is 0 Å². The van der Waals surface area contributed by atoms with Crippen LogP contribution in [0.15, 0.2) is 48.5 Å². The largest absolute Gasteiger partial charge is 0.416 e. The number of halogens is 4. The number of likely N-dealkylation sites (tertiary alicyclic amines) is 2. The molecule has 0 bridgehead atoms. The Morgan fingerprint density at radius 1 is 0.949 bits per heavy atom. The summed E-state index contributed by atoms with van der Waals surface area (Å²) in [6.45, 7) is 3.64. The van der Waals surface area contributed by atoms with Crippen LogP contribution in [0.5, 0.6) is 0 Å². The Balaban J connectivity index is 1.12. The second kappa shape index (κ2) is 12.8. The predicted molar refractivity (Wildman–Crippen MR) is 141 cm³/mol. The van der Waals surface area contributed by atoms with Crippen molar-refractivity contribution in [3.63, 3.8) is 0 Å². The lowest BCUT2D eigenvalue weighted by Gasteiger charge is -2.33. The van der Waals surface area contributed by atoms with Gasteiger partial charge in [0.05, 0.1) is 12.1 Å². The molecule has 3 amide bonds. The van der Waals surface area contributed by atoms with Crippen molar-refractivity contribution >= 4 is 29.3 Å². The standard InChI is InChI=1S/C28H32ClF3N4O3/c29-23-6-4-20(5-7-23)27(39)36-14-9-19(10-15-36)8-12-35-13-11-24(18-35)34-25(37)17-33-26(38)21-2-1-3-22(16-21)28(30,31)32/h1-7,16,19,24H,8-15,17-18H2,(H,33,38)(H,34,37)/t24-/m1/s1. The highest BCUT2D eigenvalue weighted by molar-refractivity contribution is 6.30. The first kappa shape index (κ1) is 28.9. The van der Waals surface area contributed by atoms with E-state index < -0.39 is 17.6 Å². The van der Waals surface area contributed by atoms with Gasteiger partial charge in [0.2, 0.25) is 5.91 Å². The Labute approximate surface area is 230 Å². The molecule has 0 unspecified atom stereocenters. The number of hydrogen-bond donors (Lipinski definition) is 2. The number of alkyl halides is 3. The Hall–Kier alpha value is -3.11. The van der Waals surface area contributed by atoms with E-state index in [1.165, 1.54) is 6.07 Å². The molecule has 2 heterocycles. The van der Waals surface area contributed by atoms with Gasteiger partial charge in [-0.25, -0.2) is 0 Å². The third kappa shape index (κ3) is 8.19. The minimum absolute atomic E-state index is 0.0364. The van der Waals surface area contributed by atoms with Crippen molar-refractivity contribution in [1.82, 2.24) is 20.4 Å². The summed E-state index contributed by atoms with van der Waals surface area (Å²) in [5.41, 5.74) is -0.411. The lowest BCUT2D eigenvalue weighted by molar-refractivity contribution is -0.137. The monoisotopic (exact) mass is 564 g/mol. The molecule has 0 saturated carbocycles. The van der Waals surface area contributed by atoms with Gasteiger partial charge in [0.15, 0.2) is 0 Å². The van der Waals surface area contributed by atoms with Crippen molar-refractivity contribution in [2.24, 2.45) is 5.92 Å². The van der Waals surface area contributed by atoms with Crippen molar-refractivity contribution in [2.75, 3.05) is 39.3 Å². The average Bonchev–Trinajstić information content (AvgIpc) is 3.37. The SMILES string of the molecule is O=C(CNC(=O)c1cccc(C(F)(F)F)c1)N[C@@H]1CCN(CCC2CCN(C(=O)c3ccc(Cl)cc3)CC2)C1. The lowest BCUT2D eigenvalue weighted by Crippen LogP contribution is -2.43. The molecule has 0 radical (unpaired) electrons. The smallest absolute Gasteiger partial charge is 0.350 e. The van der Waals surface area contributed by atoms with Crippen LogP contribution in [0, 0.1) is 5.92 Å². The molecule has 2 N–H and O–H groups in total. The maximum atomic E-state index is 12.9. The molecule has 11 heteroatoms. The second-order valence-corrected chi connectivity index (χ2v) is 10.6. The topological polar surface area (TPSA) is 81.8 Å². The summed E-state index contributed by atoms with van der Waals surface area (Å²) in [5, 5.41) is 5.89. The number of benzene rings is 2. The van der Waals surface area contributed by atoms with Crippen LogP contribution in [-0.4, -0.2) is 72.8 Å². The van der Waals surface area contributed by atoms with Crippen LogP contribution in [0.1, 0.15) is 52.0 Å². The minimum Gasteiger partial charge on any atom is -0.350 e. The van der Waals surface area contributed by atoms with Gasteiger partial charge in [0, 0.05) is 48.4 Å². The van der Waals surface area contributed by atoms with Crippen LogP contribution in [0.2, 0.25) is 5.02 Å². The molecule has 4 rings (SSSR count). The maximum absolute atomic E-state index is 12.9. The third-order valence-corrected chi connectivity index (χ3v) is 7.60. The summed E-state index contributed by atoms with van der Waals surface area (Å²) in [4.78, 5) is 41.4. The number of nitrogens with zero attached hydrogens (tertiary/aromatic N) is 2. The molecular weight excluding hydrogens is 533 g/mol. The average molecular weight is 565 g/mol. The van der Waals surface area contributed by atoms with Crippen LogP contribution < -0.4 is 10.6 Å². The number of hydrogen-bond acceptors (Lipinski definition) is 4. The first-order chi connectivity index (χ1) is 18.6. The van der Waals surface area contributed by atoms with Crippen LogP contribution >= 0.6 is 11.6 Å². The summed E-state index contributed by atoms with van der Waals surface area (Å²) in [5.74, 6) is -0.529. The van der Waals surface area contributed by atoms with Gasteiger partial charge in [0.1, 0.15) is 0 Å². The molecule has 2 aromatic rings. The highest BCUT2D eigenvalue weighted by atomic mass is 35.5. The first-order valence-electron chi connectivity index (χ1n) is 13.1. The number of nitrogens with one attached hydrogen (secondary N) is 2. The zero-order chi connectivity index (χ0) is 28.0. The Bertz CT molecular complexity index is 1170. The van der Waals surface area contributed by atoms with Crippen molar-refractivity contribution in [2.45, 2.75) is 37.9 Å². The molecule has 0 aliphatic carbocycles. The molecule has 0 aromatic heterocycles. The van der Waals surface area contributed by atoms with E-state index in [1.807, 2.05) is 4.90 Å². The van der Waals surface area contributed by atoms with E-state index in [0.29, 0.717) is 23.0 Å². The Morgan fingerprint density at radius 2 is 1.67 bits per heavy atom. The molecule has 7 nitrogen and oxygen atoms in total. The van der Waals surface area contributed by atoms with Crippen molar-refractivity contribution in [3.8, 4) is 0 Å². The third-order valence-electron chi connectivity index (χ3n) is 7.35. The molecule has 2 aliphatic rings. The summed E-state index contributed by atoms with van der Waals surface area (Å²) < 4.78 is 38.6. The van der Waals surface area contributed by atoms with Crippen molar-refractivity contribution in [1.29, 1.82) is 0 Å². The summed E-state index contributed by atoms with van der Waals surface area (Å²) in [6.07, 6.45) is -0.813. The molecule has 2 aromatic carbocycles. The molecule has 210 valence electrons. The maximum Gasteiger partial charge on any atom is 0.416 e. The summed E-state index contributed by atoms with van der Waals surface area (Å²) >= 11 is 5.91. The molecule has 2 saturated heterocycles. The number of amides is 3. The summed E-state index contributed by atoms with van der Waals surface area (Å²) in [6, 6.07) is 11.0. The van der Waals surface area contributed by atoms with Gasteiger partial charge < -0.3 is 20.4 Å². The molecule has 39 heavy (non-hydrogen) atoms. The van der Waals surface area contributed by atoms with Gasteiger partial charge in [-0.05, 0) is 80.6 Å². The van der Waals surface area contributed by atoms with E-state index in [-0.39, 0.29) is 30.0 Å². The van der Waals surface area contributed by atoms with Gasteiger partial charge in [-0.1, -0.05) is 17.7 Å². The number of carbonyl (C=O) groups excluding carboxylic acids is 3. The van der Waals surface area contributed by atoms with Gasteiger partial charge in [-0.3, -0.25) is 14.4 Å². The second-order valence-electron chi connectivity index (χ2n) is 10.1. The van der Waals surface area contributed by atoms with Crippen LogP contribution in [0.4, 0.5) is 13.2 Å². The fraction of sp³-hybridized carbons (Fsp3) is 0.464. The minimum atomic E-state index is -4.55. The van der Waals surface area contributed by atoms with Crippen molar-refractivity contribution < 1.29 is 27.6 Å². The fourth-order valence-electron chi connectivity index (χ4n) is 5.10. The van der Waals surface area contributed by atoms with E-state index in [0.717, 1.165) is 70.1 Å². The highest BCUT2D eigenvalue weighted by Gasteiger charge is 2.31. The van der Waals surface area contributed by atoms with Gasteiger partial charge in [-0.15, -0.1) is 0 Å². The van der Waals surface area contributed by atoms with E-state index in [4.69, 9.17) is 11.6 Å². The fourth-order valence-corrected chi connectivity index (χ4v) is 5.22. The van der Waals surface area contributed by atoms with Gasteiger partial charge >= 0.3 is 6.18 Å². The molecule has 0 spiro atoms. The number of rotatable bonds is 8. The van der Waals surface area contributed by atoms with E-state index >= 15 is 0 Å². The van der Waals surface area contributed by atoms with Crippen molar-refractivity contribution in [3.05, 3.63) is 70.2 Å². The van der Waals surface area contributed by atoms with E-state index in [1.54, 1.807) is 24.3 Å². The predicted octanol–water partition coefficient (Wildman–Crippen LogP) is 4.22. The number of piperidine rings is 1. The zero-order valence-electron chi connectivity index (χ0n) is 21.5. The Kier molecular flexibility index (Phi) is 9.50. The van der Waals surface area contributed by atoms with Crippen LogP contribution in [-0.2, 0) is 11.0 Å². The lowest BCUT2D eigenvalue weighted by atomic mass is 9.93. The Morgan fingerprint density at radius 3 is 2.36 bits per heavy atom. The van der Waals surface area contributed by atoms with Crippen LogP contribution in [0.3, 0.4) is 0 Å². The molecule has 1 atom stereocenters. The van der Waals surface area contributed by atoms with E-state index in [9.17, 15) is 27.6 Å². The first-order valence-corrected chi connectivity index (χ1v) is 13.5. The molecular formula is C28H32ClF3N4O3. The molecule has 2 fully saturated rings. The van der Waals surface area contributed by atoms with Gasteiger partial charge in [0.25, 0.3) is 11.8 Å². The quantitative estimate of drug-likeness (QED) is 0.503. The normalized spacial score (nSPS) is 18.7. The molecule has 2 aliphatic heterocycles. The number of carbonyl (C=O) groups is 3. The highest BCUT2D eigenvalue weighted by Crippen LogP contribution is 2.29. The summed E-state index contributed by atoms with van der Waals surface area (Å²) in [7, 11) is 0. The van der Waals surface area contributed by atoms with Gasteiger partial charge in [-0.2, -0.15) is 13.2 Å². The zero-order valence-corrected chi connectivity index (χ0v) is 22.2. The van der Waals surface area contributed by atoms with E-state index in [2.05, 4.69) is 15.5 Å².